The van der Waals surface area contributed by atoms with E-state index in [9.17, 15) is 18.8 Å². The molecular formula is C24H20FN5O3S. The number of benzene rings is 2. The molecule has 0 spiro atoms. The molecule has 0 saturated carbocycles. The van der Waals surface area contributed by atoms with E-state index in [2.05, 4.69) is 15.4 Å². The van der Waals surface area contributed by atoms with E-state index < -0.39 is 23.8 Å². The summed E-state index contributed by atoms with van der Waals surface area (Å²) >= 11 is 1.32. The fourth-order valence-electron chi connectivity index (χ4n) is 4.05. The Labute approximate surface area is 198 Å². The molecule has 0 aliphatic carbocycles. The number of carbonyl (C=O) groups is 3. The average Bonchev–Trinajstić information content (AvgIpc) is 3.48. The molecule has 2 aromatic heterocycles. The van der Waals surface area contributed by atoms with E-state index in [1.54, 1.807) is 40.9 Å². The number of carbonyl (C=O) groups excluding carboxylic acids is 3. The Hall–Kier alpha value is -3.92. The molecule has 0 bridgehead atoms. The second-order valence-corrected chi connectivity index (χ2v) is 8.94. The predicted molar refractivity (Wildman–Crippen MR) is 125 cm³/mol. The van der Waals surface area contributed by atoms with Crippen molar-refractivity contribution in [3.8, 4) is 11.3 Å². The molecule has 4 aromatic rings. The third-order valence-corrected chi connectivity index (χ3v) is 6.83. The van der Waals surface area contributed by atoms with Gasteiger partial charge in [-0.05, 0) is 42.3 Å². The van der Waals surface area contributed by atoms with E-state index in [1.807, 2.05) is 19.2 Å². The van der Waals surface area contributed by atoms with Crippen LogP contribution in [0, 0.1) is 11.7 Å². The van der Waals surface area contributed by atoms with E-state index in [1.165, 1.54) is 23.5 Å². The van der Waals surface area contributed by atoms with Crippen LogP contribution in [-0.2, 0) is 4.79 Å². The number of nitrogens with zero attached hydrogens (tertiary/aromatic N) is 4. The van der Waals surface area contributed by atoms with Crippen molar-refractivity contribution in [3.05, 3.63) is 70.9 Å². The van der Waals surface area contributed by atoms with Crippen molar-refractivity contribution >= 4 is 40.0 Å². The van der Waals surface area contributed by atoms with Gasteiger partial charge in [-0.25, -0.2) is 8.91 Å². The first kappa shape index (κ1) is 21.9. The number of halogens is 1. The quantitative estimate of drug-likeness (QED) is 0.419. The van der Waals surface area contributed by atoms with Gasteiger partial charge >= 0.3 is 0 Å². The zero-order valence-corrected chi connectivity index (χ0v) is 19.2. The maximum absolute atomic E-state index is 13.3. The number of fused-ring (bicyclic) bond motifs is 2. The molecule has 2 atom stereocenters. The van der Waals surface area contributed by atoms with Gasteiger partial charge in [-0.3, -0.25) is 24.6 Å². The van der Waals surface area contributed by atoms with Gasteiger partial charge in [0.2, 0.25) is 10.9 Å². The Bertz CT molecular complexity index is 1390. The normalized spacial score (nSPS) is 15.0. The Kier molecular flexibility index (Phi) is 5.45. The Morgan fingerprint density at radius 1 is 1.09 bits per heavy atom. The van der Waals surface area contributed by atoms with Crippen molar-refractivity contribution in [3.63, 3.8) is 0 Å². The van der Waals surface area contributed by atoms with Gasteiger partial charge in [0.1, 0.15) is 11.9 Å². The van der Waals surface area contributed by atoms with Crippen molar-refractivity contribution in [1.29, 1.82) is 0 Å². The SMILES string of the molecule is CCC(C)C(C(=O)Nc1nc2scc(-c3ccc(F)cc3)n2n1)N1C(=O)c2ccccc2C1=O. The van der Waals surface area contributed by atoms with Crippen LogP contribution in [0.3, 0.4) is 0 Å². The fourth-order valence-corrected chi connectivity index (χ4v) is 4.88. The largest absolute Gasteiger partial charge is 0.291 e. The molecule has 172 valence electrons. The molecule has 34 heavy (non-hydrogen) atoms. The van der Waals surface area contributed by atoms with Gasteiger partial charge in [0.25, 0.3) is 17.8 Å². The number of thiazole rings is 1. The molecule has 2 unspecified atom stereocenters. The summed E-state index contributed by atoms with van der Waals surface area (Å²) in [5, 5.41) is 8.91. The first-order valence-electron chi connectivity index (χ1n) is 10.8. The van der Waals surface area contributed by atoms with Crippen molar-refractivity contribution in [2.24, 2.45) is 5.92 Å². The molecule has 3 heterocycles. The van der Waals surface area contributed by atoms with Gasteiger partial charge in [-0.2, -0.15) is 4.98 Å². The molecule has 10 heteroatoms. The summed E-state index contributed by atoms with van der Waals surface area (Å²) in [5.74, 6) is -2.08. The maximum Gasteiger partial charge on any atom is 0.262 e. The van der Waals surface area contributed by atoms with E-state index in [0.29, 0.717) is 17.1 Å². The molecule has 1 aliphatic rings. The van der Waals surface area contributed by atoms with Crippen LogP contribution in [0.1, 0.15) is 41.0 Å². The number of imide groups is 1. The number of hydrogen-bond donors (Lipinski definition) is 1. The summed E-state index contributed by atoms with van der Waals surface area (Å²) in [7, 11) is 0. The number of amides is 3. The summed E-state index contributed by atoms with van der Waals surface area (Å²) in [5.41, 5.74) is 2.03. The van der Waals surface area contributed by atoms with Crippen LogP contribution < -0.4 is 5.32 Å². The lowest BCUT2D eigenvalue weighted by Gasteiger charge is -2.29. The van der Waals surface area contributed by atoms with Crippen molar-refractivity contribution in [2.45, 2.75) is 26.3 Å². The first-order chi connectivity index (χ1) is 16.4. The third kappa shape index (κ3) is 3.56. The van der Waals surface area contributed by atoms with E-state index in [4.69, 9.17) is 0 Å². The summed E-state index contributed by atoms with van der Waals surface area (Å²) in [4.78, 5) is 45.3. The van der Waals surface area contributed by atoms with Gasteiger partial charge in [0, 0.05) is 10.9 Å². The van der Waals surface area contributed by atoms with Crippen LogP contribution in [0.15, 0.2) is 53.9 Å². The Morgan fingerprint density at radius 2 is 1.74 bits per heavy atom. The van der Waals surface area contributed by atoms with Crippen LogP contribution in [0.4, 0.5) is 10.3 Å². The van der Waals surface area contributed by atoms with Crippen LogP contribution in [-0.4, -0.2) is 43.3 Å². The van der Waals surface area contributed by atoms with Crippen molar-refractivity contribution in [1.82, 2.24) is 19.5 Å². The van der Waals surface area contributed by atoms with Gasteiger partial charge in [-0.15, -0.1) is 16.4 Å². The fraction of sp³-hybridized carbons (Fsp3) is 0.208. The molecule has 3 amide bonds. The molecule has 0 fully saturated rings. The van der Waals surface area contributed by atoms with E-state index in [-0.39, 0.29) is 28.8 Å². The lowest BCUT2D eigenvalue weighted by molar-refractivity contribution is -0.121. The topological polar surface area (TPSA) is 96.7 Å². The maximum atomic E-state index is 13.3. The zero-order chi connectivity index (χ0) is 24.0. The summed E-state index contributed by atoms with van der Waals surface area (Å²) in [6, 6.07) is 11.5. The van der Waals surface area contributed by atoms with Crippen LogP contribution in [0.2, 0.25) is 0 Å². The summed E-state index contributed by atoms with van der Waals surface area (Å²) < 4.78 is 14.9. The molecule has 1 aliphatic heterocycles. The molecule has 5 rings (SSSR count). The molecular weight excluding hydrogens is 457 g/mol. The predicted octanol–water partition coefficient (Wildman–Crippen LogP) is 4.25. The van der Waals surface area contributed by atoms with Crippen LogP contribution in [0.25, 0.3) is 16.2 Å². The van der Waals surface area contributed by atoms with Gasteiger partial charge < -0.3 is 0 Å². The minimum atomic E-state index is -1.02. The zero-order valence-electron chi connectivity index (χ0n) is 18.4. The number of rotatable bonds is 6. The highest BCUT2D eigenvalue weighted by atomic mass is 32.1. The van der Waals surface area contributed by atoms with E-state index >= 15 is 0 Å². The molecule has 8 nitrogen and oxygen atoms in total. The monoisotopic (exact) mass is 477 g/mol. The molecule has 2 aromatic carbocycles. The minimum absolute atomic E-state index is 0.0603. The summed E-state index contributed by atoms with van der Waals surface area (Å²) in [6.45, 7) is 3.71. The number of nitrogens with one attached hydrogen (secondary N) is 1. The number of anilines is 1. The second kappa shape index (κ2) is 8.45. The van der Waals surface area contributed by atoms with E-state index in [0.717, 1.165) is 10.5 Å². The van der Waals surface area contributed by atoms with Gasteiger partial charge in [-0.1, -0.05) is 32.4 Å². The highest BCUT2D eigenvalue weighted by Gasteiger charge is 2.44. The third-order valence-electron chi connectivity index (χ3n) is 6.01. The lowest BCUT2D eigenvalue weighted by atomic mass is 9.96. The van der Waals surface area contributed by atoms with Crippen molar-refractivity contribution in [2.75, 3.05) is 5.32 Å². The standard InChI is InChI=1S/C24H20FN5O3S/c1-3-13(2)19(29-21(32)16-6-4-5-7-17(16)22(29)33)20(31)26-23-27-24-30(28-23)18(12-34-24)14-8-10-15(25)11-9-14/h4-13,19H,3H2,1-2H3,(H,26,28,31). The van der Waals surface area contributed by atoms with Crippen LogP contribution >= 0.6 is 11.3 Å². The second-order valence-electron chi connectivity index (χ2n) is 8.10. The highest BCUT2D eigenvalue weighted by molar-refractivity contribution is 7.15. The smallest absolute Gasteiger partial charge is 0.262 e. The first-order valence-corrected chi connectivity index (χ1v) is 11.6. The minimum Gasteiger partial charge on any atom is -0.291 e. The lowest BCUT2D eigenvalue weighted by Crippen LogP contribution is -2.50. The average molecular weight is 478 g/mol. The highest BCUT2D eigenvalue weighted by Crippen LogP contribution is 2.30. The molecule has 0 radical (unpaired) electrons. The summed E-state index contributed by atoms with van der Waals surface area (Å²) in [6.07, 6.45) is 0.575. The van der Waals surface area contributed by atoms with Crippen LogP contribution in [0.5, 0.6) is 0 Å². The Balaban J connectivity index is 1.44. The van der Waals surface area contributed by atoms with Gasteiger partial charge in [0.15, 0.2) is 0 Å². The Morgan fingerprint density at radius 3 is 2.35 bits per heavy atom. The van der Waals surface area contributed by atoms with Gasteiger partial charge in [0.05, 0.1) is 16.8 Å². The number of aromatic nitrogens is 3. The number of hydrogen-bond acceptors (Lipinski definition) is 6. The molecule has 1 N–H and O–H groups in total. The van der Waals surface area contributed by atoms with Crippen molar-refractivity contribution < 1.29 is 18.8 Å². The molecule has 0 saturated heterocycles.